The standard InChI is InChI=1S/C11H14FN3OS.C5H10O/c1-6-11(14)15-10(5-17(6)16)8-4-7(13)2-3-9(8)12;1-2-4-6-5-3-1/h2-4,6,10H,5,13H2,1H3,(H2,14,15);1-5H2. The zero-order valence-corrected chi connectivity index (χ0v) is 14.2. The average Bonchev–Trinajstić information content (AvgIpc) is 2.56. The van der Waals surface area contributed by atoms with E-state index in [0.29, 0.717) is 17.1 Å². The van der Waals surface area contributed by atoms with Crippen LogP contribution < -0.4 is 11.5 Å². The van der Waals surface area contributed by atoms with Gasteiger partial charge in [0, 0.05) is 35.3 Å². The number of hydrogen-bond donors (Lipinski definition) is 2. The first-order chi connectivity index (χ1) is 11.0. The van der Waals surface area contributed by atoms with Crippen LogP contribution in [0, 0.1) is 5.82 Å². The summed E-state index contributed by atoms with van der Waals surface area (Å²) in [6.07, 6.45) is 3.93. The van der Waals surface area contributed by atoms with Gasteiger partial charge in [-0.2, -0.15) is 0 Å². The molecule has 128 valence electrons. The van der Waals surface area contributed by atoms with Crippen molar-refractivity contribution in [3.8, 4) is 0 Å². The van der Waals surface area contributed by atoms with E-state index >= 15 is 0 Å². The fourth-order valence-electron chi connectivity index (χ4n) is 2.42. The Hall–Kier alpha value is -1.47. The van der Waals surface area contributed by atoms with Gasteiger partial charge in [-0.25, -0.2) is 4.39 Å². The molecular weight excluding hydrogens is 317 g/mol. The Balaban J connectivity index is 0.000000268. The molecule has 1 aromatic rings. The summed E-state index contributed by atoms with van der Waals surface area (Å²) in [6, 6.07) is 3.78. The second-order valence-electron chi connectivity index (χ2n) is 5.71. The number of nitrogen functional groups attached to an aromatic ring is 1. The van der Waals surface area contributed by atoms with E-state index in [4.69, 9.17) is 16.2 Å². The van der Waals surface area contributed by atoms with Crippen LogP contribution in [0.5, 0.6) is 0 Å². The van der Waals surface area contributed by atoms with Gasteiger partial charge in [-0.1, -0.05) is 0 Å². The fraction of sp³-hybridized carbons (Fsp3) is 0.562. The Morgan fingerprint density at radius 1 is 1.26 bits per heavy atom. The molecule has 0 spiro atoms. The van der Waals surface area contributed by atoms with Crippen LogP contribution in [0.3, 0.4) is 0 Å². The normalized spacial score (nSPS) is 27.6. The quantitative estimate of drug-likeness (QED) is 0.766. The fourth-order valence-corrected chi connectivity index (χ4v) is 3.60. The van der Waals surface area contributed by atoms with Gasteiger partial charge in [-0.15, -0.1) is 0 Å². The molecule has 7 heteroatoms. The zero-order chi connectivity index (χ0) is 16.8. The van der Waals surface area contributed by atoms with Crippen LogP contribution in [-0.4, -0.2) is 34.3 Å². The minimum atomic E-state index is -1.12. The van der Waals surface area contributed by atoms with Crippen molar-refractivity contribution in [3.05, 3.63) is 29.6 Å². The zero-order valence-electron chi connectivity index (χ0n) is 13.3. The number of halogens is 1. The molecule has 0 aliphatic carbocycles. The number of nitrogens with two attached hydrogens (primary N) is 2. The molecule has 3 rings (SSSR count). The Kier molecular flexibility index (Phi) is 6.53. The van der Waals surface area contributed by atoms with Gasteiger partial charge in [0.05, 0.1) is 17.0 Å². The highest BCUT2D eigenvalue weighted by Gasteiger charge is 2.28. The molecule has 0 radical (unpaired) electrons. The number of hydrogen-bond acceptors (Lipinski definition) is 5. The van der Waals surface area contributed by atoms with Crippen LogP contribution >= 0.6 is 0 Å². The lowest BCUT2D eigenvalue weighted by atomic mass is 10.1. The molecule has 23 heavy (non-hydrogen) atoms. The molecule has 0 amide bonds. The third kappa shape index (κ3) is 5.00. The highest BCUT2D eigenvalue weighted by Crippen LogP contribution is 2.27. The van der Waals surface area contributed by atoms with Gasteiger partial charge in [0.25, 0.3) is 0 Å². The maximum absolute atomic E-state index is 13.6. The molecule has 5 nitrogen and oxygen atoms in total. The number of rotatable bonds is 1. The molecule has 1 saturated heterocycles. The lowest BCUT2D eigenvalue weighted by molar-refractivity contribution is 0.0968. The van der Waals surface area contributed by atoms with E-state index in [1.54, 1.807) is 6.92 Å². The van der Waals surface area contributed by atoms with Gasteiger partial charge < -0.3 is 16.2 Å². The molecule has 1 aromatic carbocycles. The van der Waals surface area contributed by atoms with E-state index in [-0.39, 0.29) is 11.0 Å². The minimum Gasteiger partial charge on any atom is -0.399 e. The van der Waals surface area contributed by atoms with E-state index < -0.39 is 22.7 Å². The summed E-state index contributed by atoms with van der Waals surface area (Å²) in [5.74, 6) is 0.191. The lowest BCUT2D eigenvalue weighted by Crippen LogP contribution is -2.37. The number of amidine groups is 1. The van der Waals surface area contributed by atoms with Crippen LogP contribution in [0.25, 0.3) is 0 Å². The first kappa shape index (κ1) is 17.9. The maximum Gasteiger partial charge on any atom is 0.128 e. The van der Waals surface area contributed by atoms with Gasteiger partial charge in [-0.05, 0) is 44.4 Å². The highest BCUT2D eigenvalue weighted by atomic mass is 32.2. The first-order valence-electron chi connectivity index (χ1n) is 7.82. The Labute approximate surface area is 138 Å². The van der Waals surface area contributed by atoms with Crippen molar-refractivity contribution >= 4 is 22.3 Å². The second kappa shape index (κ2) is 8.40. The van der Waals surface area contributed by atoms with E-state index in [9.17, 15) is 8.60 Å². The highest BCUT2D eigenvalue weighted by molar-refractivity contribution is 7.86. The van der Waals surface area contributed by atoms with Crippen molar-refractivity contribution in [2.24, 2.45) is 10.7 Å². The van der Waals surface area contributed by atoms with Crippen molar-refractivity contribution in [2.45, 2.75) is 37.5 Å². The lowest BCUT2D eigenvalue weighted by Gasteiger charge is -2.23. The van der Waals surface area contributed by atoms with Crippen molar-refractivity contribution in [1.82, 2.24) is 0 Å². The average molecular weight is 341 g/mol. The monoisotopic (exact) mass is 341 g/mol. The molecule has 4 N–H and O–H groups in total. The summed E-state index contributed by atoms with van der Waals surface area (Å²) < 4.78 is 30.5. The first-order valence-corrected chi connectivity index (χ1v) is 9.20. The van der Waals surface area contributed by atoms with Gasteiger partial charge in [0.15, 0.2) is 0 Å². The van der Waals surface area contributed by atoms with Gasteiger partial charge in [0.1, 0.15) is 11.7 Å². The summed E-state index contributed by atoms with van der Waals surface area (Å²) in [6.45, 7) is 3.75. The SMILES string of the molecule is C1CCOCC1.CC1C(N)=NC(c2cc(N)ccc2F)CS1=O. The van der Waals surface area contributed by atoms with Crippen LogP contribution in [0.4, 0.5) is 10.1 Å². The summed E-state index contributed by atoms with van der Waals surface area (Å²) in [5, 5.41) is -0.268. The Morgan fingerprint density at radius 3 is 2.48 bits per heavy atom. The van der Waals surface area contributed by atoms with Crippen molar-refractivity contribution < 1.29 is 13.3 Å². The van der Waals surface area contributed by atoms with Crippen molar-refractivity contribution in [2.75, 3.05) is 24.7 Å². The third-order valence-corrected chi connectivity index (χ3v) is 5.57. The number of anilines is 1. The Bertz CT molecular complexity index is 579. The molecule has 0 aromatic heterocycles. The van der Waals surface area contributed by atoms with Crippen LogP contribution in [0.15, 0.2) is 23.2 Å². The van der Waals surface area contributed by atoms with E-state index in [1.165, 1.54) is 37.5 Å². The van der Waals surface area contributed by atoms with E-state index in [1.807, 2.05) is 0 Å². The summed E-state index contributed by atoms with van der Waals surface area (Å²) in [4.78, 5) is 4.19. The third-order valence-electron chi connectivity index (χ3n) is 3.89. The molecule has 1 fully saturated rings. The van der Waals surface area contributed by atoms with Gasteiger partial charge >= 0.3 is 0 Å². The molecule has 3 atom stereocenters. The second-order valence-corrected chi connectivity index (χ2v) is 7.52. The number of benzene rings is 1. The smallest absolute Gasteiger partial charge is 0.128 e. The van der Waals surface area contributed by atoms with Crippen LogP contribution in [0.2, 0.25) is 0 Å². The predicted molar refractivity (Wildman–Crippen MR) is 92.3 cm³/mol. The van der Waals surface area contributed by atoms with Gasteiger partial charge in [-0.3, -0.25) is 9.20 Å². The number of aliphatic imine (C=N–C) groups is 1. The van der Waals surface area contributed by atoms with Crippen molar-refractivity contribution in [3.63, 3.8) is 0 Å². The van der Waals surface area contributed by atoms with E-state index in [0.717, 1.165) is 13.2 Å². The molecule has 2 heterocycles. The van der Waals surface area contributed by atoms with Crippen LogP contribution in [-0.2, 0) is 15.5 Å². The maximum atomic E-state index is 13.6. The molecular formula is C16H24FN3O2S. The largest absolute Gasteiger partial charge is 0.399 e. The number of ether oxygens (including phenoxy) is 1. The molecule has 2 aliphatic rings. The number of nitrogens with zero attached hydrogens (tertiary/aromatic N) is 1. The molecule has 0 bridgehead atoms. The predicted octanol–water partition coefficient (Wildman–Crippen LogP) is 2.14. The van der Waals surface area contributed by atoms with Gasteiger partial charge in [0.2, 0.25) is 0 Å². The molecule has 2 aliphatic heterocycles. The summed E-state index contributed by atoms with van der Waals surface area (Å²) >= 11 is 0. The topological polar surface area (TPSA) is 90.7 Å². The van der Waals surface area contributed by atoms with Crippen molar-refractivity contribution in [1.29, 1.82) is 0 Å². The summed E-state index contributed by atoms with van der Waals surface area (Å²) in [7, 11) is -1.12. The summed E-state index contributed by atoms with van der Waals surface area (Å²) in [5.41, 5.74) is 12.1. The van der Waals surface area contributed by atoms with Crippen LogP contribution in [0.1, 0.15) is 37.8 Å². The Morgan fingerprint density at radius 2 is 1.96 bits per heavy atom. The van der Waals surface area contributed by atoms with E-state index in [2.05, 4.69) is 4.99 Å². The molecule has 3 unspecified atom stereocenters. The minimum absolute atomic E-state index is 0.268. The molecule has 0 saturated carbocycles.